The van der Waals surface area contributed by atoms with Crippen molar-refractivity contribution in [3.8, 4) is 0 Å². The first kappa shape index (κ1) is 15.9. The lowest BCUT2D eigenvalue weighted by atomic mass is 9.97. The summed E-state index contributed by atoms with van der Waals surface area (Å²) < 4.78 is 16.2. The van der Waals surface area contributed by atoms with E-state index in [4.69, 9.17) is 0 Å². The summed E-state index contributed by atoms with van der Waals surface area (Å²) in [6, 6.07) is 3.11. The Bertz CT molecular complexity index is 639. The van der Waals surface area contributed by atoms with Gasteiger partial charge in [-0.2, -0.15) is 0 Å². The van der Waals surface area contributed by atoms with E-state index in [0.717, 1.165) is 44.8 Å². The Balaban J connectivity index is 1.74. The predicted octanol–water partition coefficient (Wildman–Crippen LogP) is 2.36. The Morgan fingerprint density at radius 1 is 1.30 bits per heavy atom. The Hall–Kier alpha value is -1.95. The van der Waals surface area contributed by atoms with Crippen LogP contribution in [0.2, 0.25) is 0 Å². The zero-order valence-electron chi connectivity index (χ0n) is 13.8. The van der Waals surface area contributed by atoms with E-state index in [0.29, 0.717) is 11.7 Å². The minimum absolute atomic E-state index is 0.246. The van der Waals surface area contributed by atoms with E-state index in [1.165, 1.54) is 6.07 Å². The molecule has 0 radical (unpaired) electrons. The van der Waals surface area contributed by atoms with Crippen molar-refractivity contribution in [2.75, 3.05) is 38.6 Å². The van der Waals surface area contributed by atoms with Crippen molar-refractivity contribution >= 4 is 5.82 Å². The molecule has 1 fully saturated rings. The molecule has 23 heavy (non-hydrogen) atoms. The molecule has 2 aromatic rings. The first-order chi connectivity index (χ1) is 11.1. The fourth-order valence-electron chi connectivity index (χ4n) is 3.17. The van der Waals surface area contributed by atoms with Crippen molar-refractivity contribution in [3.63, 3.8) is 0 Å². The number of likely N-dealkylation sites (N-methyl/N-ethyl adjacent to an activating group) is 1. The van der Waals surface area contributed by atoms with Crippen LogP contribution in [0.3, 0.4) is 0 Å². The smallest absolute Gasteiger partial charge is 0.165 e. The average molecular weight is 317 g/mol. The number of hydrogen-bond acceptors (Lipinski definition) is 4. The molecule has 0 saturated carbocycles. The van der Waals surface area contributed by atoms with E-state index in [1.54, 1.807) is 12.3 Å². The highest BCUT2D eigenvalue weighted by Gasteiger charge is 2.26. The van der Waals surface area contributed by atoms with Crippen molar-refractivity contribution in [1.82, 2.24) is 19.4 Å². The molecule has 0 N–H and O–H groups in total. The van der Waals surface area contributed by atoms with Crippen molar-refractivity contribution < 1.29 is 4.39 Å². The number of imidazole rings is 1. The minimum atomic E-state index is -0.246. The fourth-order valence-corrected chi connectivity index (χ4v) is 3.17. The number of halogens is 1. The van der Waals surface area contributed by atoms with E-state index in [2.05, 4.69) is 38.4 Å². The molecule has 1 atom stereocenters. The van der Waals surface area contributed by atoms with Crippen molar-refractivity contribution in [2.24, 2.45) is 0 Å². The third-order valence-corrected chi connectivity index (χ3v) is 4.36. The number of hydrogen-bond donors (Lipinski definition) is 0. The third kappa shape index (κ3) is 3.69. The van der Waals surface area contributed by atoms with Gasteiger partial charge in [-0.3, -0.25) is 0 Å². The van der Waals surface area contributed by atoms with Crippen molar-refractivity contribution in [3.05, 3.63) is 42.4 Å². The molecule has 1 saturated heterocycles. The van der Waals surface area contributed by atoms with Gasteiger partial charge in [0.05, 0.1) is 0 Å². The molecule has 1 aliphatic rings. The van der Waals surface area contributed by atoms with Gasteiger partial charge in [0.25, 0.3) is 0 Å². The Kier molecular flexibility index (Phi) is 4.91. The second-order valence-electron chi connectivity index (χ2n) is 6.38. The molecular weight excluding hydrogens is 293 g/mol. The lowest BCUT2D eigenvalue weighted by molar-refractivity contribution is 0.373. The first-order valence-corrected chi connectivity index (χ1v) is 8.16. The summed E-state index contributed by atoms with van der Waals surface area (Å²) in [5, 5.41) is 0. The SMILES string of the molecule is CN(C)CCn1ccnc1[C@H]1CCCN(c2ncccc2F)C1. The average Bonchev–Trinajstić information content (AvgIpc) is 3.02. The van der Waals surface area contributed by atoms with Crippen LogP contribution in [0, 0.1) is 5.82 Å². The maximum absolute atomic E-state index is 14.0. The molecule has 124 valence electrons. The summed E-state index contributed by atoms with van der Waals surface area (Å²) >= 11 is 0. The molecule has 3 heterocycles. The van der Waals surface area contributed by atoms with Gasteiger partial charge >= 0.3 is 0 Å². The Morgan fingerprint density at radius 3 is 2.96 bits per heavy atom. The summed E-state index contributed by atoms with van der Waals surface area (Å²) in [5.41, 5.74) is 0. The number of rotatable bonds is 5. The number of pyridine rings is 1. The lowest BCUT2D eigenvalue weighted by Gasteiger charge is -2.33. The number of piperidine rings is 1. The molecule has 0 bridgehead atoms. The van der Waals surface area contributed by atoms with Gasteiger partial charge in [-0.1, -0.05) is 0 Å². The molecule has 0 aromatic carbocycles. The van der Waals surface area contributed by atoms with E-state index >= 15 is 0 Å². The fraction of sp³-hybridized carbons (Fsp3) is 0.529. The van der Waals surface area contributed by atoms with Crippen LogP contribution in [0.1, 0.15) is 24.6 Å². The van der Waals surface area contributed by atoms with Crippen LogP contribution in [-0.2, 0) is 6.54 Å². The number of aromatic nitrogens is 3. The summed E-state index contributed by atoms with van der Waals surface area (Å²) in [4.78, 5) is 13.0. The summed E-state index contributed by atoms with van der Waals surface area (Å²) in [6.07, 6.45) is 7.68. The molecule has 0 spiro atoms. The van der Waals surface area contributed by atoms with Crippen molar-refractivity contribution in [2.45, 2.75) is 25.3 Å². The summed E-state index contributed by atoms with van der Waals surface area (Å²) in [7, 11) is 4.14. The normalized spacial score (nSPS) is 18.6. The monoisotopic (exact) mass is 317 g/mol. The van der Waals surface area contributed by atoms with E-state index in [1.807, 2.05) is 12.4 Å². The van der Waals surface area contributed by atoms with Gasteiger partial charge in [0.1, 0.15) is 5.82 Å². The molecule has 0 unspecified atom stereocenters. The molecule has 5 nitrogen and oxygen atoms in total. The second kappa shape index (κ2) is 7.08. The standard InChI is InChI=1S/C17H24FN5/c1-21(2)11-12-22-10-8-20-16(22)14-5-4-9-23(13-14)17-15(18)6-3-7-19-17/h3,6-8,10,14H,4-5,9,11-13H2,1-2H3/t14-/m0/s1. The first-order valence-electron chi connectivity index (χ1n) is 8.16. The maximum atomic E-state index is 14.0. The molecule has 3 rings (SSSR count). The Morgan fingerprint density at radius 2 is 2.17 bits per heavy atom. The van der Waals surface area contributed by atoms with Crippen LogP contribution >= 0.6 is 0 Å². The molecule has 1 aliphatic heterocycles. The zero-order valence-corrected chi connectivity index (χ0v) is 13.8. The predicted molar refractivity (Wildman–Crippen MR) is 89.2 cm³/mol. The van der Waals surface area contributed by atoms with Gasteiger partial charge in [0.15, 0.2) is 11.6 Å². The van der Waals surface area contributed by atoms with Crippen LogP contribution in [-0.4, -0.2) is 53.2 Å². The molecule has 6 heteroatoms. The van der Waals surface area contributed by atoms with E-state index in [-0.39, 0.29) is 5.82 Å². The molecule has 0 amide bonds. The quantitative estimate of drug-likeness (QED) is 0.848. The van der Waals surface area contributed by atoms with Gasteiger partial charge in [0.2, 0.25) is 0 Å². The van der Waals surface area contributed by atoms with Gasteiger partial charge in [-0.05, 0) is 39.1 Å². The molecule has 2 aromatic heterocycles. The van der Waals surface area contributed by atoms with E-state index in [9.17, 15) is 4.39 Å². The molecule has 0 aliphatic carbocycles. The third-order valence-electron chi connectivity index (χ3n) is 4.36. The van der Waals surface area contributed by atoms with Gasteiger partial charge in [-0.25, -0.2) is 14.4 Å². The highest BCUT2D eigenvalue weighted by atomic mass is 19.1. The zero-order chi connectivity index (χ0) is 16.2. The number of anilines is 1. The van der Waals surface area contributed by atoms with Crippen LogP contribution in [0.25, 0.3) is 0 Å². The van der Waals surface area contributed by atoms with Crippen molar-refractivity contribution in [1.29, 1.82) is 0 Å². The second-order valence-corrected chi connectivity index (χ2v) is 6.38. The minimum Gasteiger partial charge on any atom is -0.353 e. The van der Waals surface area contributed by atoms with E-state index < -0.39 is 0 Å². The van der Waals surface area contributed by atoms with Crippen LogP contribution in [0.15, 0.2) is 30.7 Å². The van der Waals surface area contributed by atoms with Crippen LogP contribution < -0.4 is 4.90 Å². The van der Waals surface area contributed by atoms with Crippen LogP contribution in [0.5, 0.6) is 0 Å². The lowest BCUT2D eigenvalue weighted by Crippen LogP contribution is -2.36. The summed E-state index contributed by atoms with van der Waals surface area (Å²) in [6.45, 7) is 3.53. The van der Waals surface area contributed by atoms with Gasteiger partial charge < -0.3 is 14.4 Å². The topological polar surface area (TPSA) is 37.2 Å². The molecular formula is C17H24FN5. The van der Waals surface area contributed by atoms with Crippen LogP contribution in [0.4, 0.5) is 10.2 Å². The Labute approximate surface area is 136 Å². The largest absolute Gasteiger partial charge is 0.353 e. The summed E-state index contributed by atoms with van der Waals surface area (Å²) in [5.74, 6) is 1.64. The highest BCUT2D eigenvalue weighted by Crippen LogP contribution is 2.29. The van der Waals surface area contributed by atoms with Gasteiger partial charge in [0, 0.05) is 50.7 Å². The number of nitrogens with zero attached hydrogens (tertiary/aromatic N) is 5. The maximum Gasteiger partial charge on any atom is 0.165 e. The van der Waals surface area contributed by atoms with Gasteiger partial charge in [-0.15, -0.1) is 0 Å². The highest BCUT2D eigenvalue weighted by molar-refractivity contribution is 5.40.